The summed E-state index contributed by atoms with van der Waals surface area (Å²) in [6.45, 7) is 7.28. The van der Waals surface area contributed by atoms with E-state index in [1.54, 1.807) is 0 Å². The van der Waals surface area contributed by atoms with Crippen LogP contribution >= 0.6 is 15.6 Å². The molecule has 3 N–H and O–H groups in total. The lowest BCUT2D eigenvalue weighted by atomic mass is 9.99. The number of unbranched alkanes of at least 4 members (excludes halogenated alkanes) is 49. The standard InChI is InChI=1S/C78H152O17P2/c1-6-10-13-16-19-22-24-26-28-30-32-34-36-38-40-42-48-53-58-63-77(82)94-74(68-89-76(81)62-57-52-47-41-39-37-35-33-31-29-27-25-23-20-17-14-11-7-2)70-93-97(86,87)91-66-72(79)65-90-96(84,85)92-69-73(67-88-75(80)61-56-51-46-21-18-15-12-8-3)95-78(83)64-59-54-49-44-43-45-50-55-60-71(5)9-4/h71-74,79H,6-70H2,1-5H3,(H,84,85)(H,86,87)/t71?,72-,73+,74+/m0/s1. The summed E-state index contributed by atoms with van der Waals surface area (Å²) in [6.07, 6.45) is 61.2. The van der Waals surface area contributed by atoms with Crippen molar-refractivity contribution in [3.8, 4) is 0 Å². The second-order valence-corrected chi connectivity index (χ2v) is 31.3. The quantitative estimate of drug-likeness (QED) is 0.0222. The Hall–Kier alpha value is -1.94. The molecule has 0 amide bonds. The molecule has 0 spiro atoms. The van der Waals surface area contributed by atoms with Gasteiger partial charge in [-0.25, -0.2) is 9.13 Å². The molecule has 0 aliphatic heterocycles. The Bertz CT molecular complexity index is 1860. The topological polar surface area (TPSA) is 237 Å². The molecule has 576 valence electrons. The van der Waals surface area contributed by atoms with Crippen LogP contribution in [0.5, 0.6) is 0 Å². The molecule has 0 saturated heterocycles. The van der Waals surface area contributed by atoms with Crippen LogP contribution in [0.2, 0.25) is 0 Å². The molecule has 0 fully saturated rings. The number of aliphatic hydroxyl groups is 1. The SMILES string of the molecule is CCCCCCCCCCCCCCCCCCCCCC(=O)O[C@H](COC(=O)CCCCCCCCCCCCCCCCCCCC)COP(=O)(O)OC[C@@H](O)COP(=O)(O)OC[C@@H](COC(=O)CCCCCCCCCC)OC(=O)CCCCCCCCCCC(C)CC. The zero-order valence-corrected chi connectivity index (χ0v) is 65.0. The third-order valence-corrected chi connectivity index (χ3v) is 20.5. The van der Waals surface area contributed by atoms with E-state index in [2.05, 4.69) is 34.6 Å². The highest BCUT2D eigenvalue weighted by Gasteiger charge is 2.30. The van der Waals surface area contributed by atoms with Gasteiger partial charge >= 0.3 is 39.5 Å². The van der Waals surface area contributed by atoms with Gasteiger partial charge in [0.25, 0.3) is 0 Å². The van der Waals surface area contributed by atoms with Crippen LogP contribution in [-0.4, -0.2) is 96.7 Å². The number of phosphoric ester groups is 2. The maximum Gasteiger partial charge on any atom is 0.472 e. The fourth-order valence-electron chi connectivity index (χ4n) is 12.0. The molecule has 0 heterocycles. The molecule has 19 heteroatoms. The predicted octanol–water partition coefficient (Wildman–Crippen LogP) is 23.3. The Morgan fingerprint density at radius 2 is 0.495 bits per heavy atom. The number of hydrogen-bond donors (Lipinski definition) is 3. The van der Waals surface area contributed by atoms with E-state index in [1.165, 1.54) is 231 Å². The van der Waals surface area contributed by atoms with Gasteiger partial charge in [-0.3, -0.25) is 37.3 Å². The van der Waals surface area contributed by atoms with E-state index < -0.39 is 97.5 Å². The number of carbonyl (C=O) groups is 4. The number of ether oxygens (including phenoxy) is 4. The smallest absolute Gasteiger partial charge is 0.462 e. The van der Waals surface area contributed by atoms with Crippen molar-refractivity contribution in [3.63, 3.8) is 0 Å². The van der Waals surface area contributed by atoms with Crippen LogP contribution in [0, 0.1) is 5.92 Å². The number of esters is 4. The molecular weight excluding hydrogens is 1270 g/mol. The summed E-state index contributed by atoms with van der Waals surface area (Å²) in [6, 6.07) is 0. The van der Waals surface area contributed by atoms with Gasteiger partial charge in [0, 0.05) is 25.7 Å². The molecule has 0 aromatic carbocycles. The monoisotopic (exact) mass is 1420 g/mol. The Kier molecular flexibility index (Phi) is 69.6. The summed E-state index contributed by atoms with van der Waals surface area (Å²) < 4.78 is 68.5. The number of phosphoric acid groups is 2. The highest BCUT2D eigenvalue weighted by atomic mass is 31.2. The molecule has 0 aromatic heterocycles. The van der Waals surface area contributed by atoms with Crippen LogP contribution in [0.1, 0.15) is 413 Å². The molecule has 6 atom stereocenters. The number of hydrogen-bond acceptors (Lipinski definition) is 15. The third kappa shape index (κ3) is 70.9. The summed E-state index contributed by atoms with van der Waals surface area (Å²) >= 11 is 0. The first-order valence-electron chi connectivity index (χ1n) is 40.7. The average molecular weight is 1420 g/mol. The van der Waals surface area contributed by atoms with E-state index in [9.17, 15) is 43.2 Å². The molecule has 17 nitrogen and oxygen atoms in total. The van der Waals surface area contributed by atoms with Crippen molar-refractivity contribution in [1.29, 1.82) is 0 Å². The minimum Gasteiger partial charge on any atom is -0.462 e. The van der Waals surface area contributed by atoms with E-state index in [4.69, 9.17) is 37.0 Å². The number of carbonyl (C=O) groups excluding carboxylic acids is 4. The molecule has 0 bridgehead atoms. The Balaban J connectivity index is 5.20. The molecule has 3 unspecified atom stereocenters. The molecule has 0 aromatic rings. The van der Waals surface area contributed by atoms with Crippen molar-refractivity contribution in [2.24, 2.45) is 5.92 Å². The maximum atomic E-state index is 13.1. The number of aliphatic hydroxyl groups excluding tert-OH is 1. The molecule has 0 rings (SSSR count). The van der Waals surface area contributed by atoms with Crippen molar-refractivity contribution in [2.45, 2.75) is 432 Å². The van der Waals surface area contributed by atoms with Gasteiger partial charge in [0.1, 0.15) is 19.3 Å². The third-order valence-electron chi connectivity index (χ3n) is 18.6. The van der Waals surface area contributed by atoms with Gasteiger partial charge < -0.3 is 33.8 Å². The lowest BCUT2D eigenvalue weighted by molar-refractivity contribution is -0.161. The molecule has 0 radical (unpaired) electrons. The normalized spacial score (nSPS) is 14.2. The minimum absolute atomic E-state index is 0.105. The van der Waals surface area contributed by atoms with Crippen molar-refractivity contribution in [1.82, 2.24) is 0 Å². The first kappa shape index (κ1) is 95.1. The molecule has 97 heavy (non-hydrogen) atoms. The predicted molar refractivity (Wildman–Crippen MR) is 395 cm³/mol. The summed E-state index contributed by atoms with van der Waals surface area (Å²) in [4.78, 5) is 72.8. The van der Waals surface area contributed by atoms with Gasteiger partial charge in [0.05, 0.1) is 26.4 Å². The Morgan fingerprint density at radius 3 is 0.732 bits per heavy atom. The Morgan fingerprint density at radius 1 is 0.289 bits per heavy atom. The molecule has 0 saturated carbocycles. The lowest BCUT2D eigenvalue weighted by Gasteiger charge is -2.21. The van der Waals surface area contributed by atoms with Gasteiger partial charge in [0.2, 0.25) is 0 Å². The van der Waals surface area contributed by atoms with Crippen LogP contribution in [0.15, 0.2) is 0 Å². The zero-order valence-electron chi connectivity index (χ0n) is 63.2. The van der Waals surface area contributed by atoms with Crippen LogP contribution in [0.3, 0.4) is 0 Å². The fraction of sp³-hybridized carbons (Fsp3) is 0.949. The van der Waals surface area contributed by atoms with E-state index >= 15 is 0 Å². The fourth-order valence-corrected chi connectivity index (χ4v) is 13.6. The first-order chi connectivity index (χ1) is 47.1. The van der Waals surface area contributed by atoms with E-state index in [-0.39, 0.29) is 25.7 Å². The van der Waals surface area contributed by atoms with Crippen molar-refractivity contribution < 1.29 is 80.2 Å². The van der Waals surface area contributed by atoms with E-state index in [1.807, 2.05) is 0 Å². The summed E-state index contributed by atoms with van der Waals surface area (Å²) in [7, 11) is -9.91. The van der Waals surface area contributed by atoms with Crippen molar-refractivity contribution in [2.75, 3.05) is 39.6 Å². The maximum absolute atomic E-state index is 13.1. The summed E-state index contributed by atoms with van der Waals surface area (Å²) in [5, 5.41) is 10.6. The van der Waals surface area contributed by atoms with Gasteiger partial charge in [-0.15, -0.1) is 0 Å². The lowest BCUT2D eigenvalue weighted by Crippen LogP contribution is -2.30. The summed E-state index contributed by atoms with van der Waals surface area (Å²) in [5.74, 6) is -1.35. The minimum atomic E-state index is -4.96. The largest absolute Gasteiger partial charge is 0.472 e. The van der Waals surface area contributed by atoms with Gasteiger partial charge in [0.15, 0.2) is 12.2 Å². The highest BCUT2D eigenvalue weighted by Crippen LogP contribution is 2.45. The molecular formula is C78H152O17P2. The molecule has 0 aliphatic rings. The Labute approximate surface area is 594 Å². The van der Waals surface area contributed by atoms with Gasteiger partial charge in [-0.05, 0) is 31.6 Å². The van der Waals surface area contributed by atoms with Crippen LogP contribution < -0.4 is 0 Å². The van der Waals surface area contributed by atoms with E-state index in [0.717, 1.165) is 102 Å². The van der Waals surface area contributed by atoms with Crippen LogP contribution in [0.25, 0.3) is 0 Å². The van der Waals surface area contributed by atoms with E-state index in [0.29, 0.717) is 25.7 Å². The highest BCUT2D eigenvalue weighted by molar-refractivity contribution is 7.47. The number of rotatable bonds is 78. The first-order valence-corrected chi connectivity index (χ1v) is 43.7. The van der Waals surface area contributed by atoms with Crippen LogP contribution in [-0.2, 0) is 65.4 Å². The van der Waals surface area contributed by atoms with Crippen LogP contribution in [0.4, 0.5) is 0 Å². The van der Waals surface area contributed by atoms with Gasteiger partial charge in [-0.1, -0.05) is 362 Å². The average Bonchev–Trinajstić information content (AvgIpc) is 2.22. The van der Waals surface area contributed by atoms with Crippen molar-refractivity contribution >= 4 is 39.5 Å². The second-order valence-electron chi connectivity index (χ2n) is 28.3. The zero-order chi connectivity index (χ0) is 71.2. The van der Waals surface area contributed by atoms with Crippen molar-refractivity contribution in [3.05, 3.63) is 0 Å². The second kappa shape index (κ2) is 71.1. The molecule has 0 aliphatic carbocycles. The van der Waals surface area contributed by atoms with Gasteiger partial charge in [-0.2, -0.15) is 0 Å². The summed E-state index contributed by atoms with van der Waals surface area (Å²) in [5.41, 5.74) is 0.